The highest BCUT2D eigenvalue weighted by Crippen LogP contribution is 2.57. The first-order chi connectivity index (χ1) is 23.5. The van der Waals surface area contributed by atoms with Crippen LogP contribution in [0, 0.1) is 0 Å². The van der Waals surface area contributed by atoms with Crippen molar-refractivity contribution in [2.24, 2.45) is 0 Å². The Morgan fingerprint density at radius 1 is 0.562 bits per heavy atom. The van der Waals surface area contributed by atoms with Crippen molar-refractivity contribution in [1.82, 2.24) is 9.55 Å². The van der Waals surface area contributed by atoms with E-state index in [1.54, 1.807) is 0 Å². The van der Waals surface area contributed by atoms with Crippen LogP contribution >= 0.6 is 0 Å². The average Bonchev–Trinajstić information content (AvgIpc) is 3.68. The molecule has 2 bridgehead atoms. The Labute approximate surface area is 280 Å². The molecule has 11 rings (SSSR count). The van der Waals surface area contributed by atoms with Crippen molar-refractivity contribution in [3.63, 3.8) is 0 Å². The first-order valence-corrected chi connectivity index (χ1v) is 17.3. The maximum Gasteiger partial charge on any atom is 0.149 e. The summed E-state index contributed by atoms with van der Waals surface area (Å²) in [5.41, 5.74) is 17.3. The summed E-state index contributed by atoms with van der Waals surface area (Å²) in [5.74, 6) is 2.05. The smallest absolute Gasteiger partial charge is 0.149 e. The van der Waals surface area contributed by atoms with Crippen LogP contribution in [0.1, 0.15) is 95.9 Å². The molecular weight excluding hydrogens is 585 g/mol. The van der Waals surface area contributed by atoms with Crippen molar-refractivity contribution in [2.75, 3.05) is 0 Å². The minimum atomic E-state index is 0.209. The summed E-state index contributed by atoms with van der Waals surface area (Å²) in [6.07, 6.45) is 0. The van der Waals surface area contributed by atoms with Gasteiger partial charge < -0.3 is 4.42 Å². The van der Waals surface area contributed by atoms with Crippen LogP contribution in [0.2, 0.25) is 0 Å². The molecule has 0 saturated carbocycles. The van der Waals surface area contributed by atoms with Gasteiger partial charge in [-0.3, -0.25) is 4.57 Å². The summed E-state index contributed by atoms with van der Waals surface area (Å²) >= 11 is 0. The number of furan rings is 1. The SMILES string of the molecule is CC(C)c1cccc(C(C)C)c1-n1c(-c2cccc3c2oc2cc4c(cc23)C2c3ccccc3C4c3ccccc32)nc2ccccc21. The minimum absolute atomic E-state index is 0.209. The molecule has 6 aromatic carbocycles. The predicted molar refractivity (Wildman–Crippen MR) is 197 cm³/mol. The van der Waals surface area contributed by atoms with Crippen LogP contribution in [0.4, 0.5) is 0 Å². The highest BCUT2D eigenvalue weighted by Gasteiger charge is 2.41. The highest BCUT2D eigenvalue weighted by atomic mass is 16.3. The Hall–Kier alpha value is -5.41. The Kier molecular flexibility index (Phi) is 5.79. The molecule has 2 heterocycles. The molecule has 0 aliphatic heterocycles. The lowest BCUT2D eigenvalue weighted by atomic mass is 9.61. The largest absolute Gasteiger partial charge is 0.455 e. The molecule has 8 aromatic rings. The molecule has 0 fully saturated rings. The number of nitrogens with zero attached hydrogens (tertiary/aromatic N) is 2. The topological polar surface area (TPSA) is 31.0 Å². The zero-order chi connectivity index (χ0) is 32.3. The summed E-state index contributed by atoms with van der Waals surface area (Å²) in [7, 11) is 0. The van der Waals surface area contributed by atoms with E-state index in [9.17, 15) is 0 Å². The van der Waals surface area contributed by atoms with Gasteiger partial charge >= 0.3 is 0 Å². The van der Waals surface area contributed by atoms with E-state index in [4.69, 9.17) is 9.40 Å². The first kappa shape index (κ1) is 27.7. The normalized spacial score (nSPS) is 16.3. The van der Waals surface area contributed by atoms with Crippen molar-refractivity contribution in [1.29, 1.82) is 0 Å². The number of benzene rings is 6. The van der Waals surface area contributed by atoms with E-state index in [0.29, 0.717) is 11.8 Å². The van der Waals surface area contributed by atoms with Gasteiger partial charge in [0, 0.05) is 22.6 Å². The van der Waals surface area contributed by atoms with Crippen LogP contribution in [-0.2, 0) is 0 Å². The third kappa shape index (κ3) is 3.67. The summed E-state index contributed by atoms with van der Waals surface area (Å²) in [5, 5.41) is 2.30. The maximum absolute atomic E-state index is 6.98. The molecule has 3 nitrogen and oxygen atoms in total. The lowest BCUT2D eigenvalue weighted by Gasteiger charge is -2.42. The van der Waals surface area contributed by atoms with E-state index >= 15 is 0 Å². The fourth-order valence-corrected chi connectivity index (χ4v) is 8.83. The predicted octanol–water partition coefficient (Wildman–Crippen LogP) is 11.8. The van der Waals surface area contributed by atoms with Crippen LogP contribution in [-0.4, -0.2) is 9.55 Å². The molecule has 3 aliphatic rings. The first-order valence-electron chi connectivity index (χ1n) is 17.3. The maximum atomic E-state index is 6.98. The molecule has 0 spiro atoms. The van der Waals surface area contributed by atoms with Gasteiger partial charge in [0.2, 0.25) is 0 Å². The Morgan fingerprint density at radius 2 is 1.12 bits per heavy atom. The van der Waals surface area contributed by atoms with Gasteiger partial charge in [-0.1, -0.05) is 119 Å². The number of para-hydroxylation sites is 4. The van der Waals surface area contributed by atoms with Gasteiger partial charge in [0.25, 0.3) is 0 Å². The van der Waals surface area contributed by atoms with Gasteiger partial charge in [-0.15, -0.1) is 0 Å². The van der Waals surface area contributed by atoms with E-state index in [0.717, 1.165) is 39.0 Å². The average molecular weight is 621 g/mol. The number of imidazole rings is 1. The van der Waals surface area contributed by atoms with Gasteiger partial charge in [-0.2, -0.15) is 0 Å². The van der Waals surface area contributed by atoms with E-state index in [2.05, 4.69) is 154 Å². The number of hydrogen-bond donors (Lipinski definition) is 0. The highest BCUT2D eigenvalue weighted by molar-refractivity contribution is 6.10. The molecule has 0 amide bonds. The second kappa shape index (κ2) is 10.0. The minimum Gasteiger partial charge on any atom is -0.455 e. The van der Waals surface area contributed by atoms with Gasteiger partial charge in [-0.05, 0) is 86.7 Å². The van der Waals surface area contributed by atoms with Gasteiger partial charge in [0.05, 0.1) is 22.3 Å². The number of rotatable bonds is 4. The van der Waals surface area contributed by atoms with E-state index in [1.807, 2.05) is 0 Å². The second-order valence-electron chi connectivity index (χ2n) is 14.2. The Bertz CT molecular complexity index is 2520. The molecule has 0 atom stereocenters. The molecule has 0 unspecified atom stereocenters. The molecule has 48 heavy (non-hydrogen) atoms. The Balaban J connectivity index is 1.25. The van der Waals surface area contributed by atoms with Crippen molar-refractivity contribution >= 4 is 33.0 Å². The van der Waals surface area contributed by atoms with Crippen LogP contribution in [0.25, 0.3) is 50.0 Å². The Morgan fingerprint density at radius 3 is 1.75 bits per heavy atom. The lowest BCUT2D eigenvalue weighted by molar-refractivity contribution is 0.665. The fourth-order valence-electron chi connectivity index (χ4n) is 8.83. The third-order valence-corrected chi connectivity index (χ3v) is 10.9. The van der Waals surface area contributed by atoms with E-state index < -0.39 is 0 Å². The summed E-state index contributed by atoms with van der Waals surface area (Å²) in [4.78, 5) is 5.35. The standard InChI is InChI=1S/C45H36N2O/c1-25(2)27-17-11-18-28(26(3)4)43(27)47-39-22-10-9-21-38(39)46-45(47)34-20-12-19-33-35-23-36-37(24-40(35)48-44(33)34)42-31-15-7-5-13-29(31)41(36)30-14-6-8-16-32(30)42/h5-26,41-42H,1-4H3. The van der Waals surface area contributed by atoms with Crippen molar-refractivity contribution in [3.8, 4) is 17.1 Å². The second-order valence-corrected chi connectivity index (χ2v) is 14.2. The molecular formula is C45H36N2O. The summed E-state index contributed by atoms with van der Waals surface area (Å²) in [6, 6.07) is 44.7. The molecule has 0 radical (unpaired) electrons. The molecule has 232 valence electrons. The zero-order valence-electron chi connectivity index (χ0n) is 27.7. The zero-order valence-corrected chi connectivity index (χ0v) is 27.7. The third-order valence-electron chi connectivity index (χ3n) is 10.9. The van der Waals surface area contributed by atoms with Gasteiger partial charge in [-0.25, -0.2) is 4.98 Å². The molecule has 3 aliphatic carbocycles. The van der Waals surface area contributed by atoms with Crippen LogP contribution < -0.4 is 0 Å². The molecule has 3 heteroatoms. The number of hydrogen-bond acceptors (Lipinski definition) is 2. The van der Waals surface area contributed by atoms with Crippen molar-refractivity contribution < 1.29 is 4.42 Å². The quantitative estimate of drug-likeness (QED) is 0.196. The summed E-state index contributed by atoms with van der Waals surface area (Å²) < 4.78 is 9.38. The van der Waals surface area contributed by atoms with Gasteiger partial charge in [0.1, 0.15) is 17.0 Å². The molecule has 2 aromatic heterocycles. The van der Waals surface area contributed by atoms with Crippen LogP contribution in [0.5, 0.6) is 0 Å². The fraction of sp³-hybridized carbons (Fsp3) is 0.178. The summed E-state index contributed by atoms with van der Waals surface area (Å²) in [6.45, 7) is 9.14. The number of aromatic nitrogens is 2. The van der Waals surface area contributed by atoms with Crippen molar-refractivity contribution in [2.45, 2.75) is 51.4 Å². The van der Waals surface area contributed by atoms with Crippen LogP contribution in [0.3, 0.4) is 0 Å². The van der Waals surface area contributed by atoms with Gasteiger partial charge in [0.15, 0.2) is 0 Å². The lowest BCUT2D eigenvalue weighted by Crippen LogP contribution is -2.27. The van der Waals surface area contributed by atoms with Crippen molar-refractivity contribution in [3.05, 3.63) is 166 Å². The number of fused-ring (bicyclic) bond motifs is 4. The monoisotopic (exact) mass is 620 g/mol. The van der Waals surface area contributed by atoms with E-state index in [1.165, 1.54) is 55.6 Å². The van der Waals surface area contributed by atoms with E-state index in [-0.39, 0.29) is 11.8 Å². The molecule has 0 saturated heterocycles. The van der Waals surface area contributed by atoms with Crippen LogP contribution in [0.15, 0.2) is 126 Å². The molecule has 0 N–H and O–H groups in total.